The fraction of sp³-hybridized carbons (Fsp3) is 1.00. The van der Waals surface area contributed by atoms with Gasteiger partial charge in [-0.15, -0.1) is 0 Å². The second-order valence-corrected chi connectivity index (χ2v) is 11.6. The van der Waals surface area contributed by atoms with Gasteiger partial charge >= 0.3 is 0 Å². The molecule has 6 saturated carbocycles. The lowest BCUT2D eigenvalue weighted by molar-refractivity contribution is -0.143. The molecule has 2 heteroatoms. The second-order valence-electron chi connectivity index (χ2n) is 11.6. The van der Waals surface area contributed by atoms with Crippen LogP contribution in [0.2, 0.25) is 0 Å². The molecule has 0 spiro atoms. The Kier molecular flexibility index (Phi) is 1.93. The molecule has 0 aromatic carbocycles. The van der Waals surface area contributed by atoms with E-state index in [4.69, 9.17) is 9.47 Å². The van der Waals surface area contributed by atoms with Gasteiger partial charge in [-0.3, -0.25) is 0 Å². The van der Waals surface area contributed by atoms with Crippen molar-refractivity contribution in [3.8, 4) is 0 Å². The molecule has 0 unspecified atom stereocenters. The maximum absolute atomic E-state index is 6.62. The van der Waals surface area contributed by atoms with Crippen LogP contribution in [0.15, 0.2) is 0 Å². The Bertz CT molecular complexity index is 604. The van der Waals surface area contributed by atoms with Crippen molar-refractivity contribution in [3.05, 3.63) is 0 Å². The van der Waals surface area contributed by atoms with Gasteiger partial charge in [0, 0.05) is 0 Å². The van der Waals surface area contributed by atoms with Crippen LogP contribution in [0, 0.1) is 70.0 Å². The number of hydrogen-bond acceptors (Lipinski definition) is 2. The average molecular weight is 326 g/mol. The van der Waals surface area contributed by atoms with Crippen LogP contribution in [0.3, 0.4) is 0 Å². The van der Waals surface area contributed by atoms with Gasteiger partial charge in [0.25, 0.3) is 0 Å². The highest BCUT2D eigenvalue weighted by molar-refractivity contribution is 5.31. The fourth-order valence-corrected chi connectivity index (χ4v) is 11.8. The molecule has 2 saturated heterocycles. The van der Waals surface area contributed by atoms with E-state index in [1.165, 1.54) is 25.7 Å². The highest BCUT2D eigenvalue weighted by atomic mass is 16.5. The standard InChI is InChI=1S/C22H30O2/c1-21-7-23-11-6-4-10-13(11)19(21)16-15-17(21)9-3-5-12-14(9)20(15)22(2,8-24-12)18(10)16/h9-20H,3-8H2,1-2H3/t9-,10-,11-,12-,13+,14+,15+,16+,17-,18+,19-,20-,21+,22+/m1/s1. The van der Waals surface area contributed by atoms with Crippen LogP contribution in [0.1, 0.15) is 39.5 Å². The van der Waals surface area contributed by atoms with E-state index in [0.29, 0.717) is 23.0 Å². The summed E-state index contributed by atoms with van der Waals surface area (Å²) in [5.74, 6) is 9.83. The van der Waals surface area contributed by atoms with Crippen LogP contribution in [0.4, 0.5) is 0 Å². The highest BCUT2D eigenvalue weighted by Crippen LogP contribution is 2.86. The van der Waals surface area contributed by atoms with Gasteiger partial charge < -0.3 is 9.47 Å². The third kappa shape index (κ3) is 1.00. The summed E-state index contributed by atoms with van der Waals surface area (Å²) < 4.78 is 13.2. The van der Waals surface area contributed by atoms with E-state index in [-0.39, 0.29) is 0 Å². The van der Waals surface area contributed by atoms with Crippen molar-refractivity contribution in [1.29, 1.82) is 0 Å². The van der Waals surface area contributed by atoms with Gasteiger partial charge in [-0.1, -0.05) is 13.8 Å². The molecule has 0 bridgehead atoms. The normalized spacial score (nSPS) is 78.2. The molecule has 0 aromatic rings. The molecule has 24 heavy (non-hydrogen) atoms. The minimum atomic E-state index is 0.506. The predicted octanol–water partition coefficient (Wildman–Crippen LogP) is 3.60. The second kappa shape index (κ2) is 3.52. The van der Waals surface area contributed by atoms with Crippen LogP contribution in [0.5, 0.6) is 0 Å². The molecule has 0 radical (unpaired) electrons. The van der Waals surface area contributed by atoms with E-state index in [2.05, 4.69) is 13.8 Å². The third-order valence-electron chi connectivity index (χ3n) is 11.5. The SMILES string of the molecule is C[C@@]12CO[C@@H]3CC[C@@H]4[C@@H]3[C@@H]1[C@H]1[C@@H]3[C@H]5[C@H]6[C@@H](CC[C@H]6OC[C@@]5(C)[C@@H]41)[C@H]32. The molecule has 2 aliphatic heterocycles. The number of fused-ring (bicyclic) bond motifs is 4. The molecule has 130 valence electrons. The molecule has 2 heterocycles. The first-order valence-corrected chi connectivity index (χ1v) is 10.9. The Morgan fingerprint density at radius 3 is 1.50 bits per heavy atom. The van der Waals surface area contributed by atoms with E-state index < -0.39 is 0 Å². The Morgan fingerprint density at radius 2 is 1.04 bits per heavy atom. The fourth-order valence-electron chi connectivity index (χ4n) is 11.8. The Hall–Kier alpha value is -0.0800. The molecule has 2 nitrogen and oxygen atoms in total. The first-order valence-electron chi connectivity index (χ1n) is 10.9. The Morgan fingerprint density at radius 1 is 0.583 bits per heavy atom. The van der Waals surface area contributed by atoms with E-state index in [0.717, 1.165) is 72.4 Å². The van der Waals surface area contributed by atoms with E-state index in [1.807, 2.05) is 0 Å². The van der Waals surface area contributed by atoms with Gasteiger partial charge in [-0.05, 0) is 95.7 Å². The highest BCUT2D eigenvalue weighted by Gasteiger charge is 2.84. The van der Waals surface area contributed by atoms with Crippen molar-refractivity contribution >= 4 is 0 Å². The molecule has 0 amide bonds. The van der Waals surface area contributed by atoms with Gasteiger partial charge in [0.05, 0.1) is 25.4 Å². The number of rotatable bonds is 0. The summed E-state index contributed by atoms with van der Waals surface area (Å²) in [7, 11) is 0. The van der Waals surface area contributed by atoms with Crippen molar-refractivity contribution < 1.29 is 9.47 Å². The van der Waals surface area contributed by atoms with Gasteiger partial charge in [-0.25, -0.2) is 0 Å². The smallest absolute Gasteiger partial charge is 0.0609 e. The van der Waals surface area contributed by atoms with Crippen LogP contribution in [0.25, 0.3) is 0 Å². The van der Waals surface area contributed by atoms with Gasteiger partial charge in [0.15, 0.2) is 0 Å². The lowest BCUT2D eigenvalue weighted by Gasteiger charge is -2.49. The molecule has 8 aliphatic rings. The zero-order valence-electron chi connectivity index (χ0n) is 15.0. The summed E-state index contributed by atoms with van der Waals surface area (Å²) in [6.45, 7) is 7.54. The lowest BCUT2D eigenvalue weighted by Crippen LogP contribution is -2.50. The van der Waals surface area contributed by atoms with Crippen molar-refractivity contribution in [3.63, 3.8) is 0 Å². The molecular weight excluding hydrogens is 296 g/mol. The quantitative estimate of drug-likeness (QED) is 0.677. The summed E-state index contributed by atoms with van der Waals surface area (Å²) in [4.78, 5) is 0. The predicted molar refractivity (Wildman–Crippen MR) is 89.1 cm³/mol. The topological polar surface area (TPSA) is 18.5 Å². The first kappa shape index (κ1) is 13.1. The van der Waals surface area contributed by atoms with Crippen LogP contribution >= 0.6 is 0 Å². The summed E-state index contributed by atoms with van der Waals surface area (Å²) in [5.41, 5.74) is 1.01. The number of hydrogen-bond donors (Lipinski definition) is 0. The van der Waals surface area contributed by atoms with Crippen molar-refractivity contribution in [2.45, 2.75) is 51.7 Å². The monoisotopic (exact) mass is 326 g/mol. The van der Waals surface area contributed by atoms with Crippen LogP contribution in [-0.4, -0.2) is 25.4 Å². The minimum Gasteiger partial charge on any atom is -0.377 e. The van der Waals surface area contributed by atoms with E-state index >= 15 is 0 Å². The zero-order chi connectivity index (χ0) is 15.6. The molecule has 8 fully saturated rings. The summed E-state index contributed by atoms with van der Waals surface area (Å²) in [6.07, 6.45) is 6.88. The Labute approximate surface area is 145 Å². The molecule has 8 rings (SSSR count). The molecule has 6 aliphatic carbocycles. The van der Waals surface area contributed by atoms with E-state index in [1.54, 1.807) is 0 Å². The maximum atomic E-state index is 6.62. The number of ether oxygens (including phenoxy) is 2. The summed E-state index contributed by atoms with van der Waals surface area (Å²) in [6, 6.07) is 0. The largest absolute Gasteiger partial charge is 0.377 e. The van der Waals surface area contributed by atoms with Crippen molar-refractivity contribution in [2.75, 3.05) is 13.2 Å². The summed E-state index contributed by atoms with van der Waals surface area (Å²) >= 11 is 0. The molecule has 0 aromatic heterocycles. The summed E-state index contributed by atoms with van der Waals surface area (Å²) in [5, 5.41) is 0. The van der Waals surface area contributed by atoms with Crippen LogP contribution in [-0.2, 0) is 9.47 Å². The van der Waals surface area contributed by atoms with Crippen LogP contribution < -0.4 is 0 Å². The van der Waals surface area contributed by atoms with Gasteiger partial charge in [0.1, 0.15) is 0 Å². The molecule has 0 N–H and O–H groups in total. The van der Waals surface area contributed by atoms with E-state index in [9.17, 15) is 0 Å². The molecular formula is C22H30O2. The zero-order valence-corrected chi connectivity index (χ0v) is 15.0. The van der Waals surface area contributed by atoms with Gasteiger partial charge in [-0.2, -0.15) is 0 Å². The van der Waals surface area contributed by atoms with Crippen molar-refractivity contribution in [1.82, 2.24) is 0 Å². The van der Waals surface area contributed by atoms with Crippen molar-refractivity contribution in [2.24, 2.45) is 70.0 Å². The van der Waals surface area contributed by atoms with Gasteiger partial charge in [0.2, 0.25) is 0 Å². The Balaban J connectivity index is 1.43. The lowest BCUT2D eigenvalue weighted by atomic mass is 9.62. The average Bonchev–Trinajstić information content (AvgIpc) is 3.30. The first-order chi connectivity index (χ1) is 11.6. The minimum absolute atomic E-state index is 0.506. The third-order valence-corrected chi connectivity index (χ3v) is 11.5. The maximum Gasteiger partial charge on any atom is 0.0609 e. The molecule has 14 atom stereocenters.